The van der Waals surface area contributed by atoms with Crippen LogP contribution in [0.4, 0.5) is 5.69 Å². The Bertz CT molecular complexity index is 662. The monoisotopic (exact) mass is 315 g/mol. The van der Waals surface area contributed by atoms with E-state index in [4.69, 9.17) is 11.6 Å². The highest BCUT2D eigenvalue weighted by Gasteiger charge is 2.32. The number of para-hydroxylation sites is 1. The molecular formula is C17H18ClN3O. The van der Waals surface area contributed by atoms with Crippen molar-refractivity contribution in [2.75, 3.05) is 11.9 Å². The van der Waals surface area contributed by atoms with Gasteiger partial charge >= 0.3 is 0 Å². The summed E-state index contributed by atoms with van der Waals surface area (Å²) in [6.07, 6.45) is 0.691. The lowest BCUT2D eigenvalue weighted by atomic mass is 10.0. The zero-order valence-corrected chi connectivity index (χ0v) is 13.0. The molecule has 2 N–H and O–H groups in total. The largest absolute Gasteiger partial charge is 0.314 e. The molecule has 0 aromatic heterocycles. The molecule has 2 unspecified atom stereocenters. The lowest BCUT2D eigenvalue weighted by Crippen LogP contribution is -2.44. The molecule has 1 fully saturated rings. The zero-order chi connectivity index (χ0) is 15.5. The van der Waals surface area contributed by atoms with Crippen molar-refractivity contribution in [2.24, 2.45) is 0 Å². The number of anilines is 1. The Morgan fingerprint density at radius 2 is 1.91 bits per heavy atom. The molecule has 0 radical (unpaired) electrons. The van der Waals surface area contributed by atoms with Crippen LogP contribution < -0.4 is 15.8 Å². The Balaban J connectivity index is 1.68. The molecule has 1 aliphatic rings. The van der Waals surface area contributed by atoms with Crippen LogP contribution in [-0.4, -0.2) is 19.0 Å². The maximum Gasteiger partial charge on any atom is 0.245 e. The van der Waals surface area contributed by atoms with Crippen LogP contribution in [0.2, 0.25) is 5.02 Å². The first-order chi connectivity index (χ1) is 10.6. The molecule has 0 spiro atoms. The Morgan fingerprint density at radius 3 is 2.64 bits per heavy atom. The second-order valence-electron chi connectivity index (χ2n) is 5.42. The SMILES string of the molecule is CN(C(=O)C1CC(c2cccc(Cl)c2)NN1)c1ccccc1. The Morgan fingerprint density at radius 1 is 1.14 bits per heavy atom. The number of rotatable bonds is 3. The summed E-state index contributed by atoms with van der Waals surface area (Å²) in [5, 5.41) is 0.704. The van der Waals surface area contributed by atoms with Crippen LogP contribution in [0.3, 0.4) is 0 Å². The second kappa shape index (κ2) is 6.48. The van der Waals surface area contributed by atoms with Crippen molar-refractivity contribution < 1.29 is 4.79 Å². The van der Waals surface area contributed by atoms with Crippen LogP contribution in [-0.2, 0) is 4.79 Å². The average Bonchev–Trinajstić information content (AvgIpc) is 3.04. The quantitative estimate of drug-likeness (QED) is 0.915. The van der Waals surface area contributed by atoms with Crippen molar-refractivity contribution in [3.8, 4) is 0 Å². The van der Waals surface area contributed by atoms with E-state index in [0.717, 1.165) is 11.3 Å². The number of nitrogens with zero attached hydrogens (tertiary/aromatic N) is 1. The third kappa shape index (κ3) is 3.14. The van der Waals surface area contributed by atoms with E-state index in [1.54, 1.807) is 11.9 Å². The van der Waals surface area contributed by atoms with Crippen molar-refractivity contribution >= 4 is 23.2 Å². The van der Waals surface area contributed by atoms with E-state index in [9.17, 15) is 4.79 Å². The third-order valence-corrected chi connectivity index (χ3v) is 4.16. The normalized spacial score (nSPS) is 20.8. The van der Waals surface area contributed by atoms with Gasteiger partial charge in [0.25, 0.3) is 0 Å². The van der Waals surface area contributed by atoms with Gasteiger partial charge in [-0.25, -0.2) is 10.9 Å². The molecule has 22 heavy (non-hydrogen) atoms. The summed E-state index contributed by atoms with van der Waals surface area (Å²) in [4.78, 5) is 14.3. The number of carbonyl (C=O) groups is 1. The van der Waals surface area contributed by atoms with Gasteiger partial charge in [0.05, 0.1) is 0 Å². The molecule has 2 atom stereocenters. The van der Waals surface area contributed by atoms with E-state index < -0.39 is 0 Å². The highest BCUT2D eigenvalue weighted by molar-refractivity contribution is 6.30. The van der Waals surface area contributed by atoms with Gasteiger partial charge < -0.3 is 4.90 Å². The van der Waals surface area contributed by atoms with Crippen LogP contribution in [0.25, 0.3) is 0 Å². The molecule has 2 aromatic carbocycles. The van der Waals surface area contributed by atoms with Gasteiger partial charge in [-0.3, -0.25) is 4.79 Å². The fourth-order valence-corrected chi connectivity index (χ4v) is 2.87. The van der Waals surface area contributed by atoms with Crippen molar-refractivity contribution in [1.82, 2.24) is 10.9 Å². The molecule has 114 valence electrons. The zero-order valence-electron chi connectivity index (χ0n) is 12.3. The molecule has 4 nitrogen and oxygen atoms in total. The summed E-state index contributed by atoms with van der Waals surface area (Å²) < 4.78 is 0. The molecule has 0 saturated carbocycles. The number of benzene rings is 2. The fourth-order valence-electron chi connectivity index (χ4n) is 2.67. The van der Waals surface area contributed by atoms with Crippen molar-refractivity contribution in [2.45, 2.75) is 18.5 Å². The summed E-state index contributed by atoms with van der Waals surface area (Å²) in [7, 11) is 1.80. The van der Waals surface area contributed by atoms with E-state index in [1.165, 1.54) is 0 Å². The summed E-state index contributed by atoms with van der Waals surface area (Å²) in [5.74, 6) is 0.0447. The number of hydrogen-bond acceptors (Lipinski definition) is 3. The van der Waals surface area contributed by atoms with Crippen LogP contribution in [0.1, 0.15) is 18.0 Å². The van der Waals surface area contributed by atoms with E-state index >= 15 is 0 Å². The summed E-state index contributed by atoms with van der Waals surface area (Å²) >= 11 is 6.03. The van der Waals surface area contributed by atoms with Crippen LogP contribution in [0.5, 0.6) is 0 Å². The Hall–Kier alpha value is -1.88. The van der Waals surface area contributed by atoms with Gasteiger partial charge in [-0.05, 0) is 36.2 Å². The topological polar surface area (TPSA) is 44.4 Å². The Labute approximate surface area is 135 Å². The number of halogens is 1. The lowest BCUT2D eigenvalue weighted by molar-refractivity contribution is -0.120. The maximum absolute atomic E-state index is 12.6. The second-order valence-corrected chi connectivity index (χ2v) is 5.85. The number of likely N-dealkylation sites (N-methyl/N-ethyl adjacent to an activating group) is 1. The van der Waals surface area contributed by atoms with Gasteiger partial charge in [0.15, 0.2) is 0 Å². The highest BCUT2D eigenvalue weighted by Crippen LogP contribution is 2.25. The molecule has 3 rings (SSSR count). The first-order valence-electron chi connectivity index (χ1n) is 7.24. The number of hydrazine groups is 1. The molecule has 0 bridgehead atoms. The smallest absolute Gasteiger partial charge is 0.245 e. The van der Waals surface area contributed by atoms with Gasteiger partial charge in [0.1, 0.15) is 6.04 Å². The molecule has 1 heterocycles. The lowest BCUT2D eigenvalue weighted by Gasteiger charge is -2.20. The molecule has 5 heteroatoms. The summed E-state index contributed by atoms with van der Waals surface area (Å²) in [6, 6.07) is 17.2. The van der Waals surface area contributed by atoms with Gasteiger partial charge in [0.2, 0.25) is 5.91 Å². The van der Waals surface area contributed by atoms with Gasteiger partial charge in [-0.1, -0.05) is 41.9 Å². The van der Waals surface area contributed by atoms with Crippen molar-refractivity contribution in [3.05, 3.63) is 65.2 Å². The Kier molecular flexibility index (Phi) is 4.43. The molecule has 2 aromatic rings. The van der Waals surface area contributed by atoms with Crippen LogP contribution >= 0.6 is 11.6 Å². The van der Waals surface area contributed by atoms with E-state index in [-0.39, 0.29) is 18.0 Å². The molecular weight excluding hydrogens is 298 g/mol. The molecule has 1 amide bonds. The van der Waals surface area contributed by atoms with Gasteiger partial charge in [-0.15, -0.1) is 0 Å². The number of carbonyl (C=O) groups excluding carboxylic acids is 1. The van der Waals surface area contributed by atoms with Crippen LogP contribution in [0, 0.1) is 0 Å². The minimum Gasteiger partial charge on any atom is -0.314 e. The minimum atomic E-state index is -0.255. The first kappa shape index (κ1) is 15.0. The minimum absolute atomic E-state index is 0.0447. The average molecular weight is 316 g/mol. The van der Waals surface area contributed by atoms with E-state index in [2.05, 4.69) is 10.9 Å². The maximum atomic E-state index is 12.6. The number of nitrogens with one attached hydrogen (secondary N) is 2. The molecule has 1 saturated heterocycles. The van der Waals surface area contributed by atoms with Crippen molar-refractivity contribution in [3.63, 3.8) is 0 Å². The highest BCUT2D eigenvalue weighted by atomic mass is 35.5. The number of hydrogen-bond donors (Lipinski definition) is 2. The molecule has 1 aliphatic heterocycles. The fraction of sp³-hybridized carbons (Fsp3) is 0.235. The summed E-state index contributed by atoms with van der Waals surface area (Å²) in [6.45, 7) is 0. The van der Waals surface area contributed by atoms with E-state index in [1.807, 2.05) is 54.6 Å². The summed E-state index contributed by atoms with van der Waals surface area (Å²) in [5.41, 5.74) is 8.24. The third-order valence-electron chi connectivity index (χ3n) is 3.93. The standard InChI is InChI=1S/C17H18ClN3O/c1-21(14-8-3-2-4-9-14)17(22)16-11-15(19-20-16)12-6-5-7-13(18)10-12/h2-10,15-16,19-20H,11H2,1H3. The first-order valence-corrected chi connectivity index (χ1v) is 7.62. The van der Waals surface area contributed by atoms with Crippen LogP contribution in [0.15, 0.2) is 54.6 Å². The predicted octanol–water partition coefficient (Wildman–Crippen LogP) is 2.91. The molecule has 0 aliphatic carbocycles. The number of amides is 1. The van der Waals surface area contributed by atoms with Gasteiger partial charge in [0, 0.05) is 23.8 Å². The van der Waals surface area contributed by atoms with E-state index in [0.29, 0.717) is 11.4 Å². The predicted molar refractivity (Wildman–Crippen MR) is 88.7 cm³/mol. The van der Waals surface area contributed by atoms with Crippen molar-refractivity contribution in [1.29, 1.82) is 0 Å². The van der Waals surface area contributed by atoms with Gasteiger partial charge in [-0.2, -0.15) is 0 Å².